The predicted octanol–water partition coefficient (Wildman–Crippen LogP) is 1.38. The van der Waals surface area contributed by atoms with E-state index in [0.717, 1.165) is 12.0 Å². The topological polar surface area (TPSA) is 82.2 Å². The van der Waals surface area contributed by atoms with Crippen molar-refractivity contribution in [3.8, 4) is 0 Å². The zero-order valence-electron chi connectivity index (χ0n) is 12.3. The van der Waals surface area contributed by atoms with E-state index in [4.69, 9.17) is 10.5 Å². The Bertz CT molecular complexity index is 626. The molecule has 3 N–H and O–H groups in total. The van der Waals surface area contributed by atoms with Crippen LogP contribution in [0.25, 0.3) is 0 Å². The monoisotopic (exact) mass is 300 g/mol. The van der Waals surface area contributed by atoms with Gasteiger partial charge in [-0.2, -0.15) is 5.10 Å². The van der Waals surface area contributed by atoms with Crippen LogP contribution in [0.4, 0.5) is 5.82 Å². The smallest absolute Gasteiger partial charge is 0.254 e. The Balaban J connectivity index is 1.64. The third-order valence-electron chi connectivity index (χ3n) is 3.81. The molecule has 116 valence electrons. The molecule has 0 saturated carbocycles. The van der Waals surface area contributed by atoms with E-state index in [1.807, 2.05) is 30.3 Å². The summed E-state index contributed by atoms with van der Waals surface area (Å²) in [6, 6.07) is 11.8. The zero-order valence-corrected chi connectivity index (χ0v) is 12.3. The van der Waals surface area contributed by atoms with Crippen molar-refractivity contribution in [2.24, 2.45) is 5.73 Å². The Morgan fingerprint density at radius 3 is 2.86 bits per heavy atom. The molecule has 0 aliphatic carbocycles. The molecule has 3 rings (SSSR count). The lowest BCUT2D eigenvalue weighted by atomic mass is 10.2. The second-order valence-corrected chi connectivity index (χ2v) is 5.41. The van der Waals surface area contributed by atoms with Crippen molar-refractivity contribution in [2.45, 2.75) is 31.6 Å². The lowest BCUT2D eigenvalue weighted by molar-refractivity contribution is -0.126. The molecular weight excluding hydrogens is 280 g/mol. The van der Waals surface area contributed by atoms with Gasteiger partial charge in [0.15, 0.2) is 0 Å². The van der Waals surface area contributed by atoms with Gasteiger partial charge < -0.3 is 15.8 Å². The molecule has 1 aliphatic rings. The quantitative estimate of drug-likeness (QED) is 0.874. The Labute approximate surface area is 129 Å². The first-order chi connectivity index (χ1) is 10.8. The number of benzene rings is 1. The maximum Gasteiger partial charge on any atom is 0.254 e. The van der Waals surface area contributed by atoms with Gasteiger partial charge in [-0.15, -0.1) is 0 Å². The number of nitrogens with one attached hydrogen (secondary N) is 1. The standard InChI is InChI=1S/C16H20N4O2/c17-10-13-6-7-14(22-13)16(21)19-15-8-9-18-20(15)11-12-4-2-1-3-5-12/h1-5,8-9,13-14H,6-7,10-11,17H2,(H,19,21)/t13-,14+/m1/s1. The summed E-state index contributed by atoms with van der Waals surface area (Å²) in [7, 11) is 0. The molecule has 2 heterocycles. The molecule has 1 aliphatic heterocycles. The maximum atomic E-state index is 12.3. The van der Waals surface area contributed by atoms with Gasteiger partial charge in [0.25, 0.3) is 5.91 Å². The van der Waals surface area contributed by atoms with E-state index in [2.05, 4.69) is 10.4 Å². The first-order valence-corrected chi connectivity index (χ1v) is 7.48. The number of hydrogen-bond donors (Lipinski definition) is 2. The minimum Gasteiger partial charge on any atom is -0.364 e. The Morgan fingerprint density at radius 2 is 2.14 bits per heavy atom. The third kappa shape index (κ3) is 3.35. The van der Waals surface area contributed by atoms with Crippen LogP contribution in [0.15, 0.2) is 42.6 Å². The van der Waals surface area contributed by atoms with E-state index in [1.54, 1.807) is 16.9 Å². The molecule has 1 saturated heterocycles. The van der Waals surface area contributed by atoms with Gasteiger partial charge in [-0.1, -0.05) is 30.3 Å². The van der Waals surface area contributed by atoms with Gasteiger partial charge in [0.1, 0.15) is 11.9 Å². The number of nitrogens with two attached hydrogens (primary N) is 1. The number of nitrogens with zero attached hydrogens (tertiary/aromatic N) is 2. The summed E-state index contributed by atoms with van der Waals surface area (Å²) in [6.07, 6.45) is 2.79. The summed E-state index contributed by atoms with van der Waals surface area (Å²) in [5, 5.41) is 7.16. The molecule has 6 heteroatoms. The van der Waals surface area contributed by atoms with Crippen LogP contribution in [0.3, 0.4) is 0 Å². The summed E-state index contributed by atoms with van der Waals surface area (Å²) in [6.45, 7) is 1.07. The van der Waals surface area contributed by atoms with Gasteiger partial charge in [0, 0.05) is 12.6 Å². The van der Waals surface area contributed by atoms with Crippen molar-refractivity contribution >= 4 is 11.7 Å². The SMILES string of the molecule is NC[C@H]1CC[C@@H](C(=O)Nc2ccnn2Cc2ccccc2)O1. The van der Waals surface area contributed by atoms with Crippen molar-refractivity contribution in [3.05, 3.63) is 48.2 Å². The highest BCUT2D eigenvalue weighted by molar-refractivity contribution is 5.93. The molecule has 0 spiro atoms. The van der Waals surface area contributed by atoms with E-state index >= 15 is 0 Å². The van der Waals surface area contributed by atoms with Gasteiger partial charge >= 0.3 is 0 Å². The third-order valence-corrected chi connectivity index (χ3v) is 3.81. The number of ether oxygens (including phenoxy) is 1. The second kappa shape index (κ2) is 6.72. The Hall–Kier alpha value is -2.18. The van der Waals surface area contributed by atoms with Crippen LogP contribution in [0.5, 0.6) is 0 Å². The molecular formula is C16H20N4O2. The largest absolute Gasteiger partial charge is 0.364 e. The Morgan fingerprint density at radius 1 is 1.32 bits per heavy atom. The number of rotatable bonds is 5. The van der Waals surface area contributed by atoms with Gasteiger partial charge in [-0.25, -0.2) is 4.68 Å². The molecule has 6 nitrogen and oxygen atoms in total. The fourth-order valence-corrected chi connectivity index (χ4v) is 2.60. The van der Waals surface area contributed by atoms with Crippen LogP contribution in [-0.2, 0) is 16.1 Å². The maximum absolute atomic E-state index is 12.3. The first-order valence-electron chi connectivity index (χ1n) is 7.48. The fourth-order valence-electron chi connectivity index (χ4n) is 2.60. The van der Waals surface area contributed by atoms with E-state index < -0.39 is 6.10 Å². The lowest BCUT2D eigenvalue weighted by Gasteiger charge is -2.13. The molecule has 2 atom stereocenters. The molecule has 0 radical (unpaired) electrons. The van der Waals surface area contributed by atoms with Crippen molar-refractivity contribution < 1.29 is 9.53 Å². The summed E-state index contributed by atoms with van der Waals surface area (Å²) in [5.74, 6) is 0.541. The van der Waals surface area contributed by atoms with Crippen LogP contribution in [0, 0.1) is 0 Å². The average Bonchev–Trinajstić information content (AvgIpc) is 3.18. The number of carbonyl (C=O) groups excluding carboxylic acids is 1. The van der Waals surface area contributed by atoms with Crippen LogP contribution in [0.1, 0.15) is 18.4 Å². The normalized spacial score (nSPS) is 21.0. The highest BCUT2D eigenvalue weighted by Gasteiger charge is 2.30. The first kappa shape index (κ1) is 14.7. The van der Waals surface area contributed by atoms with Gasteiger partial charge in [-0.3, -0.25) is 4.79 Å². The summed E-state index contributed by atoms with van der Waals surface area (Å²) < 4.78 is 7.38. The molecule has 22 heavy (non-hydrogen) atoms. The minimum atomic E-state index is -0.423. The summed E-state index contributed by atoms with van der Waals surface area (Å²) in [4.78, 5) is 12.3. The van der Waals surface area contributed by atoms with E-state index in [0.29, 0.717) is 25.3 Å². The fraction of sp³-hybridized carbons (Fsp3) is 0.375. The number of anilines is 1. The highest BCUT2D eigenvalue weighted by atomic mass is 16.5. The average molecular weight is 300 g/mol. The molecule has 1 aromatic heterocycles. The molecule has 0 bridgehead atoms. The highest BCUT2D eigenvalue weighted by Crippen LogP contribution is 2.20. The van der Waals surface area contributed by atoms with Gasteiger partial charge in [0.05, 0.1) is 18.8 Å². The number of hydrogen-bond acceptors (Lipinski definition) is 4. The molecule has 2 aromatic rings. The number of carbonyl (C=O) groups is 1. The van der Waals surface area contributed by atoms with Crippen LogP contribution in [-0.4, -0.2) is 34.4 Å². The predicted molar refractivity (Wildman–Crippen MR) is 83.4 cm³/mol. The van der Waals surface area contributed by atoms with Gasteiger partial charge in [0.2, 0.25) is 0 Å². The van der Waals surface area contributed by atoms with Gasteiger partial charge in [-0.05, 0) is 18.4 Å². The van der Waals surface area contributed by atoms with Crippen molar-refractivity contribution in [2.75, 3.05) is 11.9 Å². The van der Waals surface area contributed by atoms with Crippen LogP contribution in [0.2, 0.25) is 0 Å². The lowest BCUT2D eigenvalue weighted by Crippen LogP contribution is -2.30. The zero-order chi connectivity index (χ0) is 15.4. The van der Waals surface area contributed by atoms with E-state index in [-0.39, 0.29) is 12.0 Å². The molecule has 0 unspecified atom stereocenters. The van der Waals surface area contributed by atoms with Crippen LogP contribution >= 0.6 is 0 Å². The number of aromatic nitrogens is 2. The molecule has 1 aromatic carbocycles. The molecule has 1 fully saturated rings. The van der Waals surface area contributed by atoms with Crippen molar-refractivity contribution in [3.63, 3.8) is 0 Å². The number of amides is 1. The van der Waals surface area contributed by atoms with E-state index in [1.165, 1.54) is 0 Å². The summed E-state index contributed by atoms with van der Waals surface area (Å²) >= 11 is 0. The Kier molecular flexibility index (Phi) is 4.50. The summed E-state index contributed by atoms with van der Waals surface area (Å²) in [5.41, 5.74) is 6.70. The minimum absolute atomic E-state index is 0.00928. The van der Waals surface area contributed by atoms with E-state index in [9.17, 15) is 4.79 Å². The van der Waals surface area contributed by atoms with Crippen molar-refractivity contribution in [1.82, 2.24) is 9.78 Å². The molecule has 1 amide bonds. The van der Waals surface area contributed by atoms with Crippen LogP contribution < -0.4 is 11.1 Å². The van der Waals surface area contributed by atoms with Crippen molar-refractivity contribution in [1.29, 1.82) is 0 Å². The second-order valence-electron chi connectivity index (χ2n) is 5.41.